The third-order valence-corrected chi connectivity index (χ3v) is 4.31. The summed E-state index contributed by atoms with van der Waals surface area (Å²) in [5.41, 5.74) is 0. The first-order chi connectivity index (χ1) is 12.0. The Morgan fingerprint density at radius 3 is 2.64 bits per heavy atom. The van der Waals surface area contributed by atoms with Crippen molar-refractivity contribution in [3.63, 3.8) is 0 Å². The van der Waals surface area contributed by atoms with Gasteiger partial charge in [-0.1, -0.05) is 6.08 Å². The second kappa shape index (κ2) is 11.1. The van der Waals surface area contributed by atoms with Gasteiger partial charge in [0.25, 0.3) is 5.91 Å². The quantitative estimate of drug-likeness (QED) is 0.490. The first-order valence-corrected chi connectivity index (χ1v) is 9.04. The summed E-state index contributed by atoms with van der Waals surface area (Å²) in [5, 5.41) is 12.8. The summed E-state index contributed by atoms with van der Waals surface area (Å²) in [7, 11) is 0. The van der Waals surface area contributed by atoms with Crippen LogP contribution >= 0.6 is 0 Å². The van der Waals surface area contributed by atoms with Crippen LogP contribution in [0.3, 0.4) is 0 Å². The Labute approximate surface area is 150 Å². The number of aliphatic hydroxyl groups excluding tert-OH is 1. The third-order valence-electron chi connectivity index (χ3n) is 4.31. The summed E-state index contributed by atoms with van der Waals surface area (Å²) in [5.74, 6) is -0.378. The minimum atomic E-state index is -0.645. The van der Waals surface area contributed by atoms with E-state index in [0.717, 1.165) is 32.1 Å². The molecule has 3 atom stereocenters. The second-order valence-corrected chi connectivity index (χ2v) is 6.48. The average Bonchev–Trinajstić information content (AvgIpc) is 3.34. The van der Waals surface area contributed by atoms with E-state index in [0.29, 0.717) is 13.0 Å². The van der Waals surface area contributed by atoms with Crippen LogP contribution in [0.25, 0.3) is 0 Å². The van der Waals surface area contributed by atoms with Crippen molar-refractivity contribution in [2.24, 2.45) is 0 Å². The molecule has 6 nitrogen and oxygen atoms in total. The van der Waals surface area contributed by atoms with Crippen LogP contribution in [0, 0.1) is 0 Å². The molecule has 25 heavy (non-hydrogen) atoms. The van der Waals surface area contributed by atoms with Crippen molar-refractivity contribution in [3.05, 3.63) is 25.8 Å². The average molecular weight is 352 g/mol. The second-order valence-electron chi connectivity index (χ2n) is 6.48. The highest BCUT2D eigenvalue weighted by Gasteiger charge is 2.41. The molecule has 2 aliphatic rings. The fraction of sp³-hybridized carbons (Fsp3) is 0.684. The number of likely N-dealkylation sites (tertiary alicyclic amines) is 1. The Kier molecular flexibility index (Phi) is 9.45. The highest BCUT2D eigenvalue weighted by atomic mass is 16.5. The zero-order chi connectivity index (χ0) is 18.8. The van der Waals surface area contributed by atoms with E-state index in [1.165, 1.54) is 4.90 Å². The number of rotatable bonds is 9. The lowest BCUT2D eigenvalue weighted by atomic mass is 10.1. The van der Waals surface area contributed by atoms with Crippen molar-refractivity contribution in [1.29, 1.82) is 0 Å². The van der Waals surface area contributed by atoms with Crippen molar-refractivity contribution >= 4 is 11.8 Å². The summed E-state index contributed by atoms with van der Waals surface area (Å²) in [6, 6.07) is -0.333. The molecule has 1 saturated carbocycles. The fourth-order valence-corrected chi connectivity index (χ4v) is 2.79. The van der Waals surface area contributed by atoms with Gasteiger partial charge in [-0.05, 0) is 39.0 Å². The van der Waals surface area contributed by atoms with Gasteiger partial charge >= 0.3 is 0 Å². The van der Waals surface area contributed by atoms with Gasteiger partial charge in [-0.25, -0.2) is 0 Å². The molecule has 0 aromatic rings. The van der Waals surface area contributed by atoms with Crippen molar-refractivity contribution in [2.75, 3.05) is 13.2 Å². The summed E-state index contributed by atoms with van der Waals surface area (Å²) in [6.45, 7) is 12.1. The molecule has 0 aromatic carbocycles. The van der Waals surface area contributed by atoms with Crippen LogP contribution in [-0.2, 0) is 14.3 Å². The van der Waals surface area contributed by atoms with E-state index < -0.39 is 18.2 Å². The van der Waals surface area contributed by atoms with Crippen LogP contribution in [0.4, 0.5) is 0 Å². The molecule has 142 valence electrons. The molecule has 1 aliphatic carbocycles. The number of carbonyl (C=O) groups is 2. The first kappa shape index (κ1) is 21.4. The molecule has 1 aliphatic heterocycles. The highest BCUT2D eigenvalue weighted by Crippen LogP contribution is 2.23. The van der Waals surface area contributed by atoms with Crippen molar-refractivity contribution < 1.29 is 19.4 Å². The Hall–Kier alpha value is -1.66. The van der Waals surface area contributed by atoms with Crippen LogP contribution in [0.2, 0.25) is 0 Å². The Balaban J connectivity index is 0.00000151. The SMILES string of the molecule is C=C.C=CCCCCO[C@H](C)C(=O)N1CC(O)CC1C(=O)NC1CC1. The predicted octanol–water partition coefficient (Wildman–Crippen LogP) is 1.79. The van der Waals surface area contributed by atoms with Gasteiger partial charge in [-0.3, -0.25) is 9.59 Å². The van der Waals surface area contributed by atoms with Gasteiger partial charge in [0, 0.05) is 25.6 Å². The molecular weight excluding hydrogens is 320 g/mol. The molecular formula is C19H32N2O4. The van der Waals surface area contributed by atoms with Crippen molar-refractivity contribution in [2.45, 2.75) is 69.7 Å². The summed E-state index contributed by atoms with van der Waals surface area (Å²) >= 11 is 0. The van der Waals surface area contributed by atoms with Crippen LogP contribution < -0.4 is 5.32 Å². The molecule has 1 heterocycles. The van der Waals surface area contributed by atoms with E-state index in [2.05, 4.69) is 25.1 Å². The lowest BCUT2D eigenvalue weighted by Gasteiger charge is -2.26. The van der Waals surface area contributed by atoms with Gasteiger partial charge in [-0.15, -0.1) is 19.7 Å². The van der Waals surface area contributed by atoms with Crippen molar-refractivity contribution in [3.8, 4) is 0 Å². The fourth-order valence-electron chi connectivity index (χ4n) is 2.79. The monoisotopic (exact) mass is 352 g/mol. The topological polar surface area (TPSA) is 78.9 Å². The molecule has 0 radical (unpaired) electrons. The summed E-state index contributed by atoms with van der Waals surface area (Å²) < 4.78 is 5.58. The zero-order valence-electron chi connectivity index (χ0n) is 15.3. The van der Waals surface area contributed by atoms with Gasteiger partial charge in [0.2, 0.25) is 5.91 Å². The van der Waals surface area contributed by atoms with E-state index >= 15 is 0 Å². The maximum absolute atomic E-state index is 12.5. The van der Waals surface area contributed by atoms with Crippen LogP contribution in [0.15, 0.2) is 25.8 Å². The molecule has 2 fully saturated rings. The zero-order valence-corrected chi connectivity index (χ0v) is 15.3. The van der Waals surface area contributed by atoms with E-state index in [4.69, 9.17) is 4.74 Å². The van der Waals surface area contributed by atoms with E-state index in [1.54, 1.807) is 6.92 Å². The van der Waals surface area contributed by atoms with Crippen LogP contribution in [0.5, 0.6) is 0 Å². The molecule has 1 saturated heterocycles. The number of hydrogen-bond donors (Lipinski definition) is 2. The third kappa shape index (κ3) is 7.00. The number of carbonyl (C=O) groups excluding carboxylic acids is 2. The normalized spacial score (nSPS) is 23.4. The number of nitrogens with zero attached hydrogens (tertiary/aromatic N) is 1. The number of aliphatic hydroxyl groups is 1. The lowest BCUT2D eigenvalue weighted by Crippen LogP contribution is -2.49. The van der Waals surface area contributed by atoms with E-state index in [9.17, 15) is 14.7 Å². The Bertz CT molecular complexity index is 451. The molecule has 2 amide bonds. The maximum Gasteiger partial charge on any atom is 0.252 e. The molecule has 0 spiro atoms. The summed E-state index contributed by atoms with van der Waals surface area (Å²) in [4.78, 5) is 26.2. The predicted molar refractivity (Wildman–Crippen MR) is 98.0 cm³/mol. The Morgan fingerprint density at radius 1 is 1.36 bits per heavy atom. The number of nitrogens with one attached hydrogen (secondary N) is 1. The number of β-amino-alcohol motifs (C(OH)–C–C–N with tert-alkyl or cyclic N) is 1. The first-order valence-electron chi connectivity index (χ1n) is 9.04. The van der Waals surface area contributed by atoms with Crippen LogP contribution in [-0.4, -0.2) is 59.3 Å². The maximum atomic E-state index is 12.5. The largest absolute Gasteiger partial charge is 0.391 e. The van der Waals surface area contributed by atoms with Crippen molar-refractivity contribution in [1.82, 2.24) is 10.2 Å². The molecule has 6 heteroatoms. The molecule has 0 aromatic heterocycles. The number of hydrogen-bond acceptors (Lipinski definition) is 4. The summed E-state index contributed by atoms with van der Waals surface area (Å²) in [6.07, 6.45) is 5.72. The lowest BCUT2D eigenvalue weighted by molar-refractivity contribution is -0.147. The number of amides is 2. The van der Waals surface area contributed by atoms with Gasteiger partial charge in [0.1, 0.15) is 12.1 Å². The number of ether oxygens (including phenoxy) is 1. The van der Waals surface area contributed by atoms with Crippen LogP contribution in [0.1, 0.15) is 45.4 Å². The number of allylic oxidation sites excluding steroid dienone is 1. The smallest absolute Gasteiger partial charge is 0.252 e. The minimum absolute atomic E-state index is 0.157. The van der Waals surface area contributed by atoms with Gasteiger partial charge in [0.05, 0.1) is 6.10 Å². The van der Waals surface area contributed by atoms with Gasteiger partial charge in [0.15, 0.2) is 0 Å². The van der Waals surface area contributed by atoms with E-state index in [-0.39, 0.29) is 24.4 Å². The van der Waals surface area contributed by atoms with Gasteiger partial charge in [-0.2, -0.15) is 0 Å². The highest BCUT2D eigenvalue weighted by molar-refractivity contribution is 5.90. The molecule has 0 bridgehead atoms. The van der Waals surface area contributed by atoms with E-state index in [1.807, 2.05) is 6.08 Å². The Morgan fingerprint density at radius 2 is 2.04 bits per heavy atom. The standard InChI is InChI=1S/C17H28N2O4.C2H4/c1-3-4-5-6-9-23-12(2)17(22)19-11-14(20)10-15(19)16(21)18-13-7-8-13;1-2/h3,12-15,20H,1,4-11H2,2H3,(H,18,21);1-2H2/t12-,14?,15?;/m1./s1. The number of unbranched alkanes of at least 4 members (excludes halogenated alkanes) is 2. The molecule has 2 unspecified atom stereocenters. The molecule has 2 N–H and O–H groups in total. The minimum Gasteiger partial charge on any atom is -0.391 e. The van der Waals surface area contributed by atoms with Gasteiger partial charge < -0.3 is 20.1 Å². The molecule has 2 rings (SSSR count).